The third-order valence-electron chi connectivity index (χ3n) is 3.29. The van der Waals surface area contributed by atoms with Crippen LogP contribution >= 0.6 is 11.3 Å². The maximum atomic E-state index is 4.81. The Morgan fingerprint density at radius 3 is 2.71 bits per heavy atom. The minimum absolute atomic E-state index is 0.706. The Bertz CT molecular complexity index is 662. The van der Waals surface area contributed by atoms with E-state index in [9.17, 15) is 0 Å². The van der Waals surface area contributed by atoms with Crippen LogP contribution in [0.5, 0.6) is 0 Å². The Kier molecular flexibility index (Phi) is 1.91. The van der Waals surface area contributed by atoms with E-state index in [1.54, 1.807) is 11.3 Å². The number of para-hydroxylation sites is 1. The van der Waals surface area contributed by atoms with Gasteiger partial charge in [0.05, 0.1) is 11.4 Å². The molecule has 0 saturated heterocycles. The van der Waals surface area contributed by atoms with E-state index in [0.717, 1.165) is 5.69 Å². The van der Waals surface area contributed by atoms with Gasteiger partial charge in [0.15, 0.2) is 0 Å². The van der Waals surface area contributed by atoms with E-state index in [1.165, 1.54) is 28.8 Å². The number of benzene rings is 1. The fourth-order valence-corrected chi connectivity index (χ4v) is 3.15. The summed E-state index contributed by atoms with van der Waals surface area (Å²) in [5.41, 5.74) is 2.46. The zero-order valence-electron chi connectivity index (χ0n) is 9.34. The lowest BCUT2D eigenvalue weighted by atomic mass is 10.2. The number of hydrogen-bond donors (Lipinski definition) is 0. The summed E-state index contributed by atoms with van der Waals surface area (Å²) < 4.78 is 2.09. The van der Waals surface area contributed by atoms with Gasteiger partial charge in [-0.25, -0.2) is 4.68 Å². The van der Waals surface area contributed by atoms with Crippen LogP contribution in [0, 0.1) is 0 Å². The molecule has 0 unspecified atom stereocenters. The molecule has 0 bridgehead atoms. The van der Waals surface area contributed by atoms with E-state index in [0.29, 0.717) is 5.92 Å². The molecule has 0 amide bonds. The van der Waals surface area contributed by atoms with Gasteiger partial charge < -0.3 is 0 Å². The first kappa shape index (κ1) is 9.42. The van der Waals surface area contributed by atoms with Crippen LogP contribution in [0.25, 0.3) is 15.9 Å². The molecular weight excluding hydrogens is 228 g/mol. The number of hydrogen-bond acceptors (Lipinski definition) is 2. The van der Waals surface area contributed by atoms with Crippen molar-refractivity contribution < 1.29 is 0 Å². The molecule has 1 fully saturated rings. The first-order valence-corrected chi connectivity index (χ1v) is 6.83. The number of rotatable bonds is 2. The highest BCUT2D eigenvalue weighted by Crippen LogP contribution is 2.43. The Hall–Kier alpha value is -1.61. The molecule has 0 N–H and O–H groups in total. The van der Waals surface area contributed by atoms with Crippen LogP contribution in [0.2, 0.25) is 0 Å². The quantitative estimate of drug-likeness (QED) is 0.663. The maximum absolute atomic E-state index is 4.81. The highest BCUT2D eigenvalue weighted by atomic mass is 32.1. The lowest BCUT2D eigenvalue weighted by molar-refractivity contribution is 0.861. The average molecular weight is 240 g/mol. The van der Waals surface area contributed by atoms with E-state index in [-0.39, 0.29) is 0 Å². The molecule has 1 saturated carbocycles. The van der Waals surface area contributed by atoms with Crippen molar-refractivity contribution >= 4 is 21.6 Å². The highest BCUT2D eigenvalue weighted by Gasteiger charge is 2.29. The van der Waals surface area contributed by atoms with Crippen LogP contribution < -0.4 is 0 Å². The molecular formula is C14H12N2S. The van der Waals surface area contributed by atoms with Crippen molar-refractivity contribution in [1.82, 2.24) is 9.78 Å². The largest absolute Gasteiger partial charge is 0.223 e. The fraction of sp³-hybridized carbons (Fsp3) is 0.214. The maximum Gasteiger partial charge on any atom is 0.127 e. The Labute approximate surface area is 104 Å². The smallest absolute Gasteiger partial charge is 0.127 e. The van der Waals surface area contributed by atoms with Crippen molar-refractivity contribution in [2.75, 3.05) is 0 Å². The number of fused-ring (bicyclic) bond motifs is 1. The number of nitrogens with zero attached hydrogens (tertiary/aromatic N) is 2. The molecule has 1 aliphatic carbocycles. The van der Waals surface area contributed by atoms with E-state index >= 15 is 0 Å². The summed E-state index contributed by atoms with van der Waals surface area (Å²) in [6.07, 6.45) is 2.60. The van der Waals surface area contributed by atoms with Crippen molar-refractivity contribution in [2.45, 2.75) is 18.8 Å². The first-order valence-electron chi connectivity index (χ1n) is 5.95. The third kappa shape index (κ3) is 1.42. The minimum Gasteiger partial charge on any atom is -0.223 e. The standard InChI is InChI=1S/C14H12N2S/c1-2-4-11(5-3-1)16-14-12(8-9-17-14)13(15-16)10-6-7-10/h1-5,8-10H,6-7H2. The van der Waals surface area contributed by atoms with Crippen LogP contribution in [0.15, 0.2) is 41.8 Å². The molecule has 2 aromatic heterocycles. The molecule has 0 radical (unpaired) electrons. The van der Waals surface area contributed by atoms with Crippen LogP contribution in [0.3, 0.4) is 0 Å². The van der Waals surface area contributed by atoms with Crippen molar-refractivity contribution in [2.24, 2.45) is 0 Å². The molecule has 17 heavy (non-hydrogen) atoms. The molecule has 1 aliphatic rings. The fourth-order valence-electron chi connectivity index (χ4n) is 2.27. The predicted molar refractivity (Wildman–Crippen MR) is 70.9 cm³/mol. The normalized spacial score (nSPS) is 15.5. The van der Waals surface area contributed by atoms with Gasteiger partial charge >= 0.3 is 0 Å². The van der Waals surface area contributed by atoms with E-state index in [2.05, 4.69) is 40.4 Å². The summed E-state index contributed by atoms with van der Waals surface area (Å²) in [5.74, 6) is 0.706. The van der Waals surface area contributed by atoms with Crippen LogP contribution in [0.1, 0.15) is 24.5 Å². The molecule has 84 valence electrons. The SMILES string of the molecule is c1ccc(-n2nc(C3CC3)c3ccsc32)cc1. The van der Waals surface area contributed by atoms with Gasteiger partial charge in [-0.2, -0.15) is 5.10 Å². The van der Waals surface area contributed by atoms with Crippen molar-refractivity contribution in [3.63, 3.8) is 0 Å². The summed E-state index contributed by atoms with van der Waals surface area (Å²) in [6, 6.07) is 12.6. The third-order valence-corrected chi connectivity index (χ3v) is 4.17. The van der Waals surface area contributed by atoms with Gasteiger partial charge in [0, 0.05) is 11.3 Å². The topological polar surface area (TPSA) is 17.8 Å². The number of thiophene rings is 1. The molecule has 1 aromatic carbocycles. The Morgan fingerprint density at radius 1 is 1.12 bits per heavy atom. The molecule has 0 spiro atoms. The molecule has 3 heteroatoms. The van der Waals surface area contributed by atoms with Crippen molar-refractivity contribution in [3.8, 4) is 5.69 Å². The van der Waals surface area contributed by atoms with Gasteiger partial charge in [0.2, 0.25) is 0 Å². The molecule has 0 aliphatic heterocycles. The summed E-state index contributed by atoms with van der Waals surface area (Å²) in [5, 5.41) is 8.32. The summed E-state index contributed by atoms with van der Waals surface area (Å²) in [4.78, 5) is 1.28. The molecule has 2 nitrogen and oxygen atoms in total. The van der Waals surface area contributed by atoms with Crippen LogP contribution in [-0.4, -0.2) is 9.78 Å². The summed E-state index contributed by atoms with van der Waals surface area (Å²) >= 11 is 1.78. The second-order valence-electron chi connectivity index (χ2n) is 4.55. The van der Waals surface area contributed by atoms with Crippen molar-refractivity contribution in [3.05, 3.63) is 47.5 Å². The van der Waals surface area contributed by atoms with Crippen LogP contribution in [0.4, 0.5) is 0 Å². The van der Waals surface area contributed by atoms with Gasteiger partial charge in [0.1, 0.15) is 4.83 Å². The van der Waals surface area contributed by atoms with Gasteiger partial charge in [-0.05, 0) is 36.4 Å². The minimum atomic E-state index is 0.706. The van der Waals surface area contributed by atoms with Gasteiger partial charge in [-0.1, -0.05) is 18.2 Å². The molecule has 2 heterocycles. The van der Waals surface area contributed by atoms with E-state index < -0.39 is 0 Å². The van der Waals surface area contributed by atoms with Gasteiger partial charge in [-0.15, -0.1) is 11.3 Å². The summed E-state index contributed by atoms with van der Waals surface area (Å²) in [7, 11) is 0. The lowest BCUT2D eigenvalue weighted by Crippen LogP contribution is -1.95. The average Bonchev–Trinajstić information content (AvgIpc) is 2.99. The van der Waals surface area contributed by atoms with Crippen LogP contribution in [-0.2, 0) is 0 Å². The van der Waals surface area contributed by atoms with Gasteiger partial charge in [0.25, 0.3) is 0 Å². The zero-order valence-corrected chi connectivity index (χ0v) is 10.2. The highest BCUT2D eigenvalue weighted by molar-refractivity contribution is 7.16. The second-order valence-corrected chi connectivity index (χ2v) is 5.44. The molecule has 0 atom stereocenters. The second kappa shape index (κ2) is 3.44. The van der Waals surface area contributed by atoms with E-state index in [4.69, 9.17) is 5.10 Å². The first-order chi connectivity index (χ1) is 8.43. The van der Waals surface area contributed by atoms with Crippen molar-refractivity contribution in [1.29, 1.82) is 0 Å². The predicted octanol–water partition coefficient (Wildman–Crippen LogP) is 3.96. The molecule has 3 aromatic rings. The monoisotopic (exact) mass is 240 g/mol. The van der Waals surface area contributed by atoms with Gasteiger partial charge in [-0.3, -0.25) is 0 Å². The zero-order chi connectivity index (χ0) is 11.2. The molecule has 4 rings (SSSR count). The lowest BCUT2D eigenvalue weighted by Gasteiger charge is -2.00. The van der Waals surface area contributed by atoms with E-state index in [1.807, 2.05) is 6.07 Å². The Balaban J connectivity index is 1.98. The number of aromatic nitrogens is 2. The Morgan fingerprint density at radius 2 is 1.94 bits per heavy atom. The summed E-state index contributed by atoms with van der Waals surface area (Å²) in [6.45, 7) is 0.